The van der Waals surface area contributed by atoms with Crippen molar-refractivity contribution in [1.82, 2.24) is 5.32 Å². The molecule has 1 fully saturated rings. The Morgan fingerprint density at radius 3 is 2.59 bits per heavy atom. The van der Waals surface area contributed by atoms with Gasteiger partial charge in [-0.05, 0) is 45.2 Å². The molecule has 1 atom stereocenters. The van der Waals surface area contributed by atoms with Crippen LogP contribution in [0.5, 0.6) is 0 Å². The van der Waals surface area contributed by atoms with Gasteiger partial charge in [0.05, 0.1) is 0 Å². The zero-order valence-electron chi connectivity index (χ0n) is 10.8. The molecule has 0 aromatic carbocycles. The highest BCUT2D eigenvalue weighted by atomic mass is 32.2. The fourth-order valence-corrected chi connectivity index (χ4v) is 4.81. The highest BCUT2D eigenvalue weighted by Gasteiger charge is 2.20. The molecule has 1 N–H and O–H groups in total. The van der Waals surface area contributed by atoms with Crippen molar-refractivity contribution >= 4 is 22.1 Å². The Morgan fingerprint density at radius 1 is 1.41 bits per heavy atom. The molecular weight excluding hydrogens is 250 g/mol. The van der Waals surface area contributed by atoms with Crippen molar-refractivity contribution in [3.8, 4) is 0 Å². The first-order valence-corrected chi connectivity index (χ1v) is 8.54. The van der Waals surface area contributed by atoms with E-state index < -0.39 is 10.8 Å². The highest BCUT2D eigenvalue weighted by Crippen LogP contribution is 2.27. The van der Waals surface area contributed by atoms with Crippen LogP contribution in [0.3, 0.4) is 0 Å². The van der Waals surface area contributed by atoms with Crippen molar-refractivity contribution in [1.29, 1.82) is 0 Å². The molecule has 0 spiro atoms. The molecule has 0 amide bonds. The minimum atomic E-state index is -0.558. The summed E-state index contributed by atoms with van der Waals surface area (Å²) in [6.07, 6.45) is 2.11. The van der Waals surface area contributed by atoms with Crippen LogP contribution in [-0.2, 0) is 10.8 Å². The standard InChI is InChI=1S/C13H21NOS2/c1-9-8-13(11(3)16-9)10(2)14-12-4-6-17(15)7-5-12/h8,10,12,14H,4-7H2,1-3H3. The van der Waals surface area contributed by atoms with Gasteiger partial charge in [-0.25, -0.2) is 0 Å². The molecule has 1 saturated heterocycles. The van der Waals surface area contributed by atoms with Crippen molar-refractivity contribution in [3.63, 3.8) is 0 Å². The van der Waals surface area contributed by atoms with Gasteiger partial charge in [0.15, 0.2) is 0 Å². The van der Waals surface area contributed by atoms with Crippen LogP contribution in [0.25, 0.3) is 0 Å². The number of nitrogens with one attached hydrogen (secondary N) is 1. The lowest BCUT2D eigenvalue weighted by atomic mass is 10.1. The molecule has 1 aromatic rings. The zero-order valence-corrected chi connectivity index (χ0v) is 12.4. The van der Waals surface area contributed by atoms with E-state index in [-0.39, 0.29) is 0 Å². The molecule has 0 radical (unpaired) electrons. The lowest BCUT2D eigenvalue weighted by molar-refractivity contribution is 0.427. The van der Waals surface area contributed by atoms with Crippen LogP contribution >= 0.6 is 11.3 Å². The summed E-state index contributed by atoms with van der Waals surface area (Å²) in [4.78, 5) is 2.80. The molecule has 1 aromatic heterocycles. The molecule has 0 aliphatic carbocycles. The third kappa shape index (κ3) is 3.39. The van der Waals surface area contributed by atoms with Gasteiger partial charge in [-0.2, -0.15) is 0 Å². The summed E-state index contributed by atoms with van der Waals surface area (Å²) in [7, 11) is -0.558. The molecule has 4 heteroatoms. The van der Waals surface area contributed by atoms with E-state index in [1.54, 1.807) is 0 Å². The highest BCUT2D eigenvalue weighted by molar-refractivity contribution is 7.85. The SMILES string of the molecule is Cc1cc(C(C)NC2CCS(=O)CC2)c(C)s1. The van der Waals surface area contributed by atoms with E-state index in [0.717, 1.165) is 24.3 Å². The van der Waals surface area contributed by atoms with Crippen molar-refractivity contribution in [2.24, 2.45) is 0 Å². The molecule has 1 aliphatic heterocycles. The van der Waals surface area contributed by atoms with E-state index in [1.165, 1.54) is 15.3 Å². The molecule has 1 aliphatic rings. The molecule has 1 unspecified atom stereocenters. The molecule has 2 nitrogen and oxygen atoms in total. The number of rotatable bonds is 3. The first-order chi connectivity index (χ1) is 8.06. The smallest absolute Gasteiger partial charge is 0.0305 e. The quantitative estimate of drug-likeness (QED) is 0.916. The molecule has 2 heterocycles. The fraction of sp³-hybridized carbons (Fsp3) is 0.692. The maximum absolute atomic E-state index is 11.3. The van der Waals surface area contributed by atoms with E-state index in [9.17, 15) is 4.21 Å². The average Bonchev–Trinajstić information content (AvgIpc) is 2.61. The Labute approximate surface area is 110 Å². The molecule has 0 saturated carbocycles. The maximum Gasteiger partial charge on any atom is 0.0305 e. The van der Waals surface area contributed by atoms with Gasteiger partial charge in [-0.3, -0.25) is 4.21 Å². The monoisotopic (exact) mass is 271 g/mol. The first kappa shape index (κ1) is 13.2. The Hall–Kier alpha value is -0.190. The van der Waals surface area contributed by atoms with Gasteiger partial charge in [-0.1, -0.05) is 0 Å². The van der Waals surface area contributed by atoms with E-state index in [4.69, 9.17) is 0 Å². The van der Waals surface area contributed by atoms with Crippen LogP contribution < -0.4 is 5.32 Å². The number of hydrogen-bond donors (Lipinski definition) is 1. The van der Waals surface area contributed by atoms with Gasteiger partial charge in [0.25, 0.3) is 0 Å². The second-order valence-corrected chi connectivity index (χ2v) is 8.04. The van der Waals surface area contributed by atoms with Crippen LogP contribution in [0.15, 0.2) is 6.07 Å². The van der Waals surface area contributed by atoms with Crippen LogP contribution in [0.1, 0.15) is 41.1 Å². The van der Waals surface area contributed by atoms with Crippen molar-refractivity contribution in [2.45, 2.75) is 45.7 Å². The van der Waals surface area contributed by atoms with E-state index >= 15 is 0 Å². The summed E-state index contributed by atoms with van der Waals surface area (Å²) in [5.74, 6) is 1.73. The molecule has 17 heavy (non-hydrogen) atoms. The number of thiophene rings is 1. The van der Waals surface area contributed by atoms with Gasteiger partial charge in [0.1, 0.15) is 0 Å². The predicted octanol–water partition coefficient (Wildman–Crippen LogP) is 2.93. The summed E-state index contributed by atoms with van der Waals surface area (Å²) in [6, 6.07) is 3.25. The van der Waals surface area contributed by atoms with Crippen molar-refractivity contribution < 1.29 is 4.21 Å². The first-order valence-electron chi connectivity index (χ1n) is 6.24. The summed E-state index contributed by atoms with van der Waals surface area (Å²) >= 11 is 1.87. The largest absolute Gasteiger partial charge is 0.307 e. The second-order valence-electron chi connectivity index (χ2n) is 4.88. The van der Waals surface area contributed by atoms with Gasteiger partial charge >= 0.3 is 0 Å². The number of aryl methyl sites for hydroxylation is 2. The summed E-state index contributed by atoms with van der Waals surface area (Å²) in [5, 5.41) is 3.68. The minimum absolute atomic E-state index is 0.413. The Balaban J connectivity index is 1.95. The van der Waals surface area contributed by atoms with Gasteiger partial charge < -0.3 is 5.32 Å². The Morgan fingerprint density at radius 2 is 2.06 bits per heavy atom. The lowest BCUT2D eigenvalue weighted by Crippen LogP contribution is -2.37. The molecule has 96 valence electrons. The zero-order chi connectivity index (χ0) is 12.4. The lowest BCUT2D eigenvalue weighted by Gasteiger charge is -2.26. The third-order valence-corrected chi connectivity index (χ3v) is 5.78. The average molecular weight is 271 g/mol. The van der Waals surface area contributed by atoms with Crippen molar-refractivity contribution in [3.05, 3.63) is 21.4 Å². The van der Waals surface area contributed by atoms with Gasteiger partial charge in [-0.15, -0.1) is 11.3 Å². The maximum atomic E-state index is 11.3. The van der Waals surface area contributed by atoms with Gasteiger partial charge in [0, 0.05) is 44.1 Å². The summed E-state index contributed by atoms with van der Waals surface area (Å²) < 4.78 is 11.3. The van der Waals surface area contributed by atoms with Crippen molar-refractivity contribution in [2.75, 3.05) is 11.5 Å². The molecule has 2 rings (SSSR count). The van der Waals surface area contributed by atoms with Crippen LogP contribution in [0, 0.1) is 13.8 Å². The summed E-state index contributed by atoms with van der Waals surface area (Å²) in [6.45, 7) is 6.60. The minimum Gasteiger partial charge on any atom is -0.307 e. The topological polar surface area (TPSA) is 29.1 Å². The Kier molecular flexibility index (Phi) is 4.39. The molecular formula is C13H21NOS2. The van der Waals surface area contributed by atoms with Crippen LogP contribution in [0.2, 0.25) is 0 Å². The normalized spacial score (nSPS) is 27.0. The fourth-order valence-electron chi connectivity index (χ4n) is 2.48. The second kappa shape index (κ2) is 5.63. The van der Waals surface area contributed by atoms with E-state index in [2.05, 4.69) is 32.2 Å². The van der Waals surface area contributed by atoms with Crippen LogP contribution in [-0.4, -0.2) is 21.8 Å². The predicted molar refractivity (Wildman–Crippen MR) is 76.2 cm³/mol. The van der Waals surface area contributed by atoms with Crippen LogP contribution in [0.4, 0.5) is 0 Å². The van der Waals surface area contributed by atoms with Gasteiger partial charge in [0.2, 0.25) is 0 Å². The Bertz CT molecular complexity index is 404. The summed E-state index contributed by atoms with van der Waals surface area (Å²) in [5.41, 5.74) is 1.43. The number of hydrogen-bond acceptors (Lipinski definition) is 3. The van der Waals surface area contributed by atoms with E-state index in [0.29, 0.717) is 12.1 Å². The molecule has 0 bridgehead atoms. The van der Waals surface area contributed by atoms with E-state index in [1.807, 2.05) is 11.3 Å². The third-order valence-electron chi connectivity index (χ3n) is 3.42.